The van der Waals surface area contributed by atoms with Crippen LogP contribution in [0.4, 0.5) is 0 Å². The molecule has 2 aromatic carbocycles. The van der Waals surface area contributed by atoms with Crippen molar-refractivity contribution in [3.05, 3.63) is 65.2 Å². The predicted molar refractivity (Wildman–Crippen MR) is 177 cm³/mol. The lowest BCUT2D eigenvalue weighted by Gasteiger charge is -2.30. The van der Waals surface area contributed by atoms with Gasteiger partial charge in [0.1, 0.15) is 24.4 Å². The second-order valence-corrected chi connectivity index (χ2v) is 12.3. The third-order valence-electron chi connectivity index (χ3n) is 7.81. The number of hydrogen-bond donors (Lipinski definition) is 3. The zero-order chi connectivity index (χ0) is 33.5. The van der Waals surface area contributed by atoms with Gasteiger partial charge in [0.15, 0.2) is 0 Å². The van der Waals surface area contributed by atoms with E-state index in [9.17, 15) is 19.2 Å². The second kappa shape index (κ2) is 18.9. The van der Waals surface area contributed by atoms with Gasteiger partial charge in [-0.1, -0.05) is 63.6 Å². The first-order valence-electron chi connectivity index (χ1n) is 16.2. The molecular weight excluding hydrogens is 586 g/mol. The Balaban J connectivity index is 1.80. The molecule has 46 heavy (non-hydrogen) atoms. The molecular formula is C35H51N5O6. The number of amides is 4. The smallest absolute Gasteiger partial charge is 0.255 e. The van der Waals surface area contributed by atoms with E-state index in [0.717, 1.165) is 37.1 Å². The highest BCUT2D eigenvalue weighted by Gasteiger charge is 2.31. The number of hydrogen-bond acceptors (Lipinski definition) is 7. The number of para-hydroxylation sites is 1. The molecule has 252 valence electrons. The first-order chi connectivity index (χ1) is 22.1. The van der Waals surface area contributed by atoms with Crippen LogP contribution in [0.2, 0.25) is 0 Å². The van der Waals surface area contributed by atoms with Crippen LogP contribution in [-0.4, -0.2) is 92.5 Å². The van der Waals surface area contributed by atoms with E-state index in [2.05, 4.69) is 27.8 Å². The van der Waals surface area contributed by atoms with Gasteiger partial charge in [0.2, 0.25) is 17.7 Å². The molecule has 0 fully saturated rings. The van der Waals surface area contributed by atoms with Crippen molar-refractivity contribution in [3.8, 4) is 5.75 Å². The van der Waals surface area contributed by atoms with Crippen molar-refractivity contribution < 1.29 is 28.7 Å². The fraction of sp³-hybridized carbons (Fsp3) is 0.543. The fourth-order valence-electron chi connectivity index (χ4n) is 5.24. The van der Waals surface area contributed by atoms with Gasteiger partial charge in [-0.3, -0.25) is 24.1 Å². The van der Waals surface area contributed by atoms with Gasteiger partial charge >= 0.3 is 0 Å². The number of unbranched alkanes of at least 4 members (excludes halogenated alkanes) is 1. The number of fused-ring (bicyclic) bond motifs is 1. The minimum Gasteiger partial charge on any atom is -0.491 e. The monoisotopic (exact) mass is 637 g/mol. The van der Waals surface area contributed by atoms with Gasteiger partial charge in [0, 0.05) is 33.3 Å². The Morgan fingerprint density at radius 2 is 1.80 bits per heavy atom. The Kier molecular flexibility index (Phi) is 15.0. The molecule has 1 aliphatic rings. The molecule has 0 aromatic heterocycles. The Morgan fingerprint density at radius 1 is 1.09 bits per heavy atom. The maximum atomic E-state index is 13.7. The molecule has 11 heteroatoms. The van der Waals surface area contributed by atoms with Crippen LogP contribution >= 0.6 is 0 Å². The summed E-state index contributed by atoms with van der Waals surface area (Å²) in [6.07, 6.45) is 1.83. The molecule has 3 N–H and O–H groups in total. The number of carbonyl (C=O) groups is 4. The van der Waals surface area contributed by atoms with E-state index in [1.54, 1.807) is 36.3 Å². The van der Waals surface area contributed by atoms with E-state index in [1.165, 1.54) is 0 Å². The van der Waals surface area contributed by atoms with Crippen molar-refractivity contribution in [2.75, 3.05) is 47.0 Å². The molecule has 0 unspecified atom stereocenters. The van der Waals surface area contributed by atoms with Crippen molar-refractivity contribution in [1.82, 2.24) is 25.8 Å². The topological polar surface area (TPSA) is 129 Å². The molecule has 2 aromatic rings. The van der Waals surface area contributed by atoms with Crippen LogP contribution in [0.25, 0.3) is 0 Å². The molecule has 1 heterocycles. The molecule has 3 rings (SSSR count). The molecule has 0 saturated heterocycles. The highest BCUT2D eigenvalue weighted by atomic mass is 16.5. The number of likely N-dealkylation sites (N-methyl/N-ethyl adjacent to an activating group) is 1. The van der Waals surface area contributed by atoms with Gasteiger partial charge in [0.05, 0.1) is 25.1 Å². The lowest BCUT2D eigenvalue weighted by molar-refractivity contribution is -0.137. The van der Waals surface area contributed by atoms with E-state index >= 15 is 0 Å². The van der Waals surface area contributed by atoms with Crippen LogP contribution in [0, 0.1) is 5.92 Å². The minimum absolute atomic E-state index is 0.139. The quantitative estimate of drug-likeness (QED) is 0.308. The van der Waals surface area contributed by atoms with Crippen LogP contribution in [-0.2, 0) is 32.2 Å². The Labute approximate surface area is 273 Å². The number of methoxy groups -OCH3 is 1. The Hall–Kier alpha value is -3.96. The highest BCUT2D eigenvalue weighted by molar-refractivity contribution is 6.01. The first kappa shape index (κ1) is 36.5. The van der Waals surface area contributed by atoms with Crippen LogP contribution in [0.3, 0.4) is 0 Å². The summed E-state index contributed by atoms with van der Waals surface area (Å²) in [7, 11) is 3.71. The first-order valence-corrected chi connectivity index (χ1v) is 16.2. The van der Waals surface area contributed by atoms with Gasteiger partial charge in [0.25, 0.3) is 5.91 Å². The third kappa shape index (κ3) is 11.8. The molecule has 0 bridgehead atoms. The number of nitrogens with zero attached hydrogens (tertiary/aromatic N) is 2. The number of ether oxygens (including phenoxy) is 2. The van der Waals surface area contributed by atoms with E-state index in [4.69, 9.17) is 9.47 Å². The predicted octanol–water partition coefficient (Wildman–Crippen LogP) is 3.12. The van der Waals surface area contributed by atoms with Crippen molar-refractivity contribution in [2.45, 2.75) is 71.6 Å². The SMILES string of the molecule is CCCCN1CCOc2ccccc2C(=O)N[C@H](C(=O)NCc2ccc(CN(C)CCOC)cc2)CC(=O)N[C@@H](CC(C)C)C1=O. The van der Waals surface area contributed by atoms with Gasteiger partial charge in [-0.25, -0.2) is 0 Å². The number of benzene rings is 2. The highest BCUT2D eigenvalue weighted by Crippen LogP contribution is 2.19. The molecule has 11 nitrogen and oxygen atoms in total. The minimum atomic E-state index is -1.18. The second-order valence-electron chi connectivity index (χ2n) is 12.3. The molecule has 0 radical (unpaired) electrons. The van der Waals surface area contributed by atoms with Crippen molar-refractivity contribution in [3.63, 3.8) is 0 Å². The fourth-order valence-corrected chi connectivity index (χ4v) is 5.24. The molecule has 2 atom stereocenters. The summed E-state index contributed by atoms with van der Waals surface area (Å²) in [6.45, 7) is 9.50. The van der Waals surface area contributed by atoms with Gasteiger partial charge < -0.3 is 30.3 Å². The van der Waals surface area contributed by atoms with Gasteiger partial charge in [-0.2, -0.15) is 0 Å². The molecule has 1 aliphatic heterocycles. The maximum Gasteiger partial charge on any atom is 0.255 e. The lowest BCUT2D eigenvalue weighted by Crippen LogP contribution is -2.53. The van der Waals surface area contributed by atoms with Crippen LogP contribution in [0.5, 0.6) is 5.75 Å². The zero-order valence-electron chi connectivity index (χ0n) is 28.0. The van der Waals surface area contributed by atoms with Gasteiger partial charge in [-0.05, 0) is 49.1 Å². The van der Waals surface area contributed by atoms with Crippen molar-refractivity contribution >= 4 is 23.6 Å². The van der Waals surface area contributed by atoms with Crippen LogP contribution in [0.1, 0.15) is 67.9 Å². The average Bonchev–Trinajstić information content (AvgIpc) is 3.03. The normalized spacial score (nSPS) is 18.0. The van der Waals surface area contributed by atoms with Gasteiger partial charge in [-0.15, -0.1) is 0 Å². The maximum absolute atomic E-state index is 13.7. The number of nitrogens with one attached hydrogen (secondary N) is 3. The largest absolute Gasteiger partial charge is 0.491 e. The molecule has 0 saturated carbocycles. The van der Waals surface area contributed by atoms with Crippen molar-refractivity contribution in [1.29, 1.82) is 0 Å². The summed E-state index contributed by atoms with van der Waals surface area (Å²) >= 11 is 0. The summed E-state index contributed by atoms with van der Waals surface area (Å²) in [6, 6.07) is 12.7. The summed E-state index contributed by atoms with van der Waals surface area (Å²) in [5.74, 6) is -1.22. The standard InChI is InChI=1S/C35H51N5O6/c1-6-7-16-40-18-20-46-31-11-9-8-10-28(31)33(42)38-29(22-32(41)37-30(35(40)44)21-25(2)3)34(43)36-23-26-12-14-27(15-13-26)24-39(4)17-19-45-5/h8-15,25,29-30H,6-7,16-24H2,1-5H3,(H,36,43)(H,37,41)(H,38,42)/t29-,30-/m0/s1. The average molecular weight is 638 g/mol. The summed E-state index contributed by atoms with van der Waals surface area (Å²) in [5, 5.41) is 8.48. The zero-order valence-corrected chi connectivity index (χ0v) is 28.0. The summed E-state index contributed by atoms with van der Waals surface area (Å²) in [5.41, 5.74) is 2.25. The number of rotatable bonds is 13. The van der Waals surface area contributed by atoms with Crippen LogP contribution < -0.4 is 20.7 Å². The lowest BCUT2D eigenvalue weighted by atomic mass is 10.0. The van der Waals surface area contributed by atoms with Crippen molar-refractivity contribution in [2.24, 2.45) is 5.92 Å². The van der Waals surface area contributed by atoms with E-state index < -0.39 is 29.8 Å². The molecule has 0 spiro atoms. The van der Waals surface area contributed by atoms with E-state index in [-0.39, 0.29) is 37.0 Å². The molecule has 0 aliphatic carbocycles. The Bertz CT molecular complexity index is 1280. The molecule has 4 amide bonds. The Morgan fingerprint density at radius 3 is 2.50 bits per heavy atom. The summed E-state index contributed by atoms with van der Waals surface area (Å²) < 4.78 is 11.1. The van der Waals surface area contributed by atoms with E-state index in [0.29, 0.717) is 31.9 Å². The number of carbonyl (C=O) groups excluding carboxylic acids is 4. The van der Waals surface area contributed by atoms with Crippen LogP contribution in [0.15, 0.2) is 48.5 Å². The summed E-state index contributed by atoms with van der Waals surface area (Å²) in [4.78, 5) is 57.9. The van der Waals surface area contributed by atoms with E-state index in [1.807, 2.05) is 45.2 Å². The third-order valence-corrected chi connectivity index (χ3v) is 7.81.